The highest BCUT2D eigenvalue weighted by Crippen LogP contribution is 2.43. The number of nitrogens with zero attached hydrogens (tertiary/aromatic N) is 3. The van der Waals surface area contributed by atoms with Gasteiger partial charge in [0, 0.05) is 61.4 Å². The number of carbonyl (C=O) groups is 2. The molecule has 3 fully saturated rings. The number of esters is 1. The Bertz CT molecular complexity index is 1290. The summed E-state index contributed by atoms with van der Waals surface area (Å²) in [4.78, 5) is 35.0. The molecule has 6 atom stereocenters. The Kier molecular flexibility index (Phi) is 11.6. The Morgan fingerprint density at radius 3 is 2.51 bits per heavy atom. The average molecular weight is 650 g/mol. The van der Waals surface area contributed by atoms with Crippen molar-refractivity contribution in [3.05, 3.63) is 66.0 Å². The van der Waals surface area contributed by atoms with Gasteiger partial charge in [-0.15, -0.1) is 0 Å². The molecule has 2 saturated heterocycles. The number of hydrogen-bond donors (Lipinski definition) is 2. The van der Waals surface area contributed by atoms with Gasteiger partial charge in [-0.05, 0) is 63.3 Å². The number of carbonyl (C=O) groups excluding carboxylic acids is 2. The van der Waals surface area contributed by atoms with Gasteiger partial charge in [0.15, 0.2) is 6.10 Å². The monoisotopic (exact) mass is 649 g/mol. The number of amides is 1. The number of aliphatic hydroxyl groups is 2. The molecule has 2 N–H and O–H groups in total. The van der Waals surface area contributed by atoms with E-state index in [4.69, 9.17) is 9.47 Å². The predicted molar refractivity (Wildman–Crippen MR) is 182 cm³/mol. The third-order valence-corrected chi connectivity index (χ3v) is 10.6. The standard InChI is InChI=1S/C38H55N3O6/c1-27(32-16-9-10-21-39-32)12-11-13-28(2)35-29(3)17-18-33(37(4,45)20-19-31(42)22-34(43)47-35)46-36(44)41-25-38(26-41)23-40(24-38)30-14-7-5-6-8-15-30/h9-13,16-18,21,27,29-31,33,35,42,45H,5-8,14-15,19-20,22-26H2,1-4H3/b12-11+,18-17+,28-13+/t27-,29-,31-,33+,35+,37-/m0/s1. The average Bonchev–Trinajstić information content (AvgIpc) is 3.28. The second-order valence-electron chi connectivity index (χ2n) is 15.0. The first-order valence-electron chi connectivity index (χ1n) is 17.7. The van der Waals surface area contributed by atoms with Crippen molar-refractivity contribution in [3.8, 4) is 0 Å². The van der Waals surface area contributed by atoms with E-state index in [0.717, 1.165) is 24.4 Å². The lowest BCUT2D eigenvalue weighted by molar-refractivity contribution is -0.151. The maximum atomic E-state index is 13.4. The van der Waals surface area contributed by atoms with Crippen molar-refractivity contribution in [2.45, 2.75) is 121 Å². The summed E-state index contributed by atoms with van der Waals surface area (Å²) in [6.07, 6.45) is 16.3. The molecular formula is C38H55N3O6. The van der Waals surface area contributed by atoms with Gasteiger partial charge in [-0.3, -0.25) is 14.7 Å². The Labute approximate surface area is 280 Å². The third kappa shape index (κ3) is 9.12. The molecule has 1 amide bonds. The molecule has 4 heterocycles. The van der Waals surface area contributed by atoms with Crippen molar-refractivity contribution in [2.24, 2.45) is 11.3 Å². The van der Waals surface area contributed by atoms with Crippen molar-refractivity contribution in [1.82, 2.24) is 14.8 Å². The molecule has 1 aromatic rings. The molecule has 0 bridgehead atoms. The number of aliphatic hydroxyl groups excluding tert-OH is 1. The smallest absolute Gasteiger partial charge is 0.410 e. The Morgan fingerprint density at radius 2 is 1.83 bits per heavy atom. The Balaban J connectivity index is 1.23. The number of allylic oxidation sites excluding steroid dienone is 3. The maximum Gasteiger partial charge on any atom is 0.410 e. The molecule has 1 spiro atoms. The summed E-state index contributed by atoms with van der Waals surface area (Å²) in [5.41, 5.74) is 0.523. The molecule has 1 aliphatic carbocycles. The first-order chi connectivity index (χ1) is 22.4. The molecule has 9 heteroatoms. The van der Waals surface area contributed by atoms with E-state index in [1.165, 1.54) is 38.5 Å². The predicted octanol–water partition coefficient (Wildman–Crippen LogP) is 5.93. The molecule has 3 aliphatic heterocycles. The highest BCUT2D eigenvalue weighted by molar-refractivity contribution is 5.71. The number of ether oxygens (including phenoxy) is 2. The molecule has 9 nitrogen and oxygen atoms in total. The van der Waals surface area contributed by atoms with Crippen LogP contribution in [-0.2, 0) is 14.3 Å². The van der Waals surface area contributed by atoms with Crippen LogP contribution < -0.4 is 0 Å². The second-order valence-corrected chi connectivity index (χ2v) is 15.0. The van der Waals surface area contributed by atoms with Crippen LogP contribution in [0.1, 0.15) is 97.1 Å². The summed E-state index contributed by atoms with van der Waals surface area (Å²) < 4.78 is 11.9. The van der Waals surface area contributed by atoms with Crippen LogP contribution in [0.25, 0.3) is 0 Å². The zero-order valence-corrected chi connectivity index (χ0v) is 28.7. The maximum absolute atomic E-state index is 13.4. The summed E-state index contributed by atoms with van der Waals surface area (Å²) in [5, 5.41) is 22.1. The van der Waals surface area contributed by atoms with Crippen molar-refractivity contribution < 1.29 is 29.3 Å². The van der Waals surface area contributed by atoms with Crippen LogP contribution in [0.4, 0.5) is 4.79 Å². The molecule has 1 saturated carbocycles. The van der Waals surface area contributed by atoms with E-state index in [2.05, 4.69) is 16.8 Å². The van der Waals surface area contributed by atoms with Crippen molar-refractivity contribution >= 4 is 12.1 Å². The SMILES string of the molecule is C/C(=C\C=C\[C@H](C)c1ccccn1)[C@H]1OC(=O)C[C@@H](O)CC[C@](C)(O)[C@H](OC(=O)N2CC3(C2)CN(C2CCCCCC2)C3)/C=C/[C@@H]1C. The van der Waals surface area contributed by atoms with Crippen molar-refractivity contribution in [2.75, 3.05) is 26.2 Å². The largest absolute Gasteiger partial charge is 0.457 e. The lowest BCUT2D eigenvalue weighted by Crippen LogP contribution is -2.74. The van der Waals surface area contributed by atoms with Crippen molar-refractivity contribution in [3.63, 3.8) is 0 Å². The molecular weight excluding hydrogens is 594 g/mol. The van der Waals surface area contributed by atoms with Crippen LogP contribution >= 0.6 is 0 Å². The van der Waals surface area contributed by atoms with E-state index >= 15 is 0 Å². The zero-order chi connectivity index (χ0) is 33.6. The van der Waals surface area contributed by atoms with Gasteiger partial charge in [-0.2, -0.15) is 0 Å². The van der Waals surface area contributed by atoms with Gasteiger partial charge >= 0.3 is 12.1 Å². The van der Waals surface area contributed by atoms with Gasteiger partial charge in [-0.25, -0.2) is 4.79 Å². The van der Waals surface area contributed by atoms with Crippen LogP contribution in [-0.4, -0.2) is 93.2 Å². The number of pyridine rings is 1. The number of aromatic nitrogens is 1. The summed E-state index contributed by atoms with van der Waals surface area (Å²) in [7, 11) is 0. The van der Waals surface area contributed by atoms with Gasteiger partial charge in [0.2, 0.25) is 0 Å². The second kappa shape index (κ2) is 15.5. The zero-order valence-electron chi connectivity index (χ0n) is 28.7. The van der Waals surface area contributed by atoms with E-state index < -0.39 is 36.0 Å². The summed E-state index contributed by atoms with van der Waals surface area (Å²) in [5.74, 6) is -0.678. The van der Waals surface area contributed by atoms with Gasteiger partial charge in [-0.1, -0.05) is 69.9 Å². The molecule has 1 aromatic heterocycles. The number of hydrogen-bond acceptors (Lipinski definition) is 8. The van der Waals surface area contributed by atoms with Crippen LogP contribution in [0.5, 0.6) is 0 Å². The van der Waals surface area contributed by atoms with Crippen LogP contribution in [0, 0.1) is 11.3 Å². The first kappa shape index (κ1) is 35.3. The highest BCUT2D eigenvalue weighted by atomic mass is 16.6. The number of likely N-dealkylation sites (tertiary alicyclic amines) is 2. The van der Waals surface area contributed by atoms with Gasteiger partial charge in [0.05, 0.1) is 12.5 Å². The molecule has 0 radical (unpaired) electrons. The van der Waals surface area contributed by atoms with E-state index in [9.17, 15) is 19.8 Å². The third-order valence-electron chi connectivity index (χ3n) is 10.6. The van der Waals surface area contributed by atoms with Crippen molar-refractivity contribution in [1.29, 1.82) is 0 Å². The van der Waals surface area contributed by atoms with E-state index in [0.29, 0.717) is 19.1 Å². The minimum absolute atomic E-state index is 0.107. The van der Waals surface area contributed by atoms with Crippen LogP contribution in [0.3, 0.4) is 0 Å². The number of rotatable bonds is 6. The topological polar surface area (TPSA) is 112 Å². The normalized spacial score (nSPS) is 32.7. The van der Waals surface area contributed by atoms with Crippen LogP contribution in [0.2, 0.25) is 0 Å². The summed E-state index contributed by atoms with van der Waals surface area (Å²) in [6, 6.07) is 6.52. The lowest BCUT2D eigenvalue weighted by atomic mass is 9.72. The highest BCUT2D eigenvalue weighted by Gasteiger charge is 2.55. The fraction of sp³-hybridized carbons (Fsp3) is 0.658. The fourth-order valence-electron chi connectivity index (χ4n) is 7.64. The Morgan fingerprint density at radius 1 is 1.11 bits per heavy atom. The molecule has 47 heavy (non-hydrogen) atoms. The minimum atomic E-state index is -1.43. The molecule has 0 aromatic carbocycles. The minimum Gasteiger partial charge on any atom is -0.457 e. The van der Waals surface area contributed by atoms with Crippen LogP contribution in [0.15, 0.2) is 60.3 Å². The molecule has 4 aliphatic rings. The Hall–Kier alpha value is -3.01. The summed E-state index contributed by atoms with van der Waals surface area (Å²) in [6.45, 7) is 11.0. The quantitative estimate of drug-likeness (QED) is 0.169. The summed E-state index contributed by atoms with van der Waals surface area (Å²) >= 11 is 0. The molecule has 0 unspecified atom stereocenters. The van der Waals surface area contributed by atoms with E-state index in [1.54, 1.807) is 24.1 Å². The molecule has 258 valence electrons. The van der Waals surface area contributed by atoms with Gasteiger partial charge in [0.25, 0.3) is 0 Å². The molecule has 5 rings (SSSR count). The van der Waals surface area contributed by atoms with E-state index in [1.807, 2.05) is 56.4 Å². The first-order valence-corrected chi connectivity index (χ1v) is 17.7. The lowest BCUT2D eigenvalue weighted by Gasteiger charge is -2.61. The van der Waals surface area contributed by atoms with E-state index in [-0.39, 0.29) is 36.5 Å². The van der Waals surface area contributed by atoms with Gasteiger partial charge in [0.1, 0.15) is 11.7 Å². The van der Waals surface area contributed by atoms with Gasteiger partial charge < -0.3 is 24.6 Å². The fourth-order valence-corrected chi connectivity index (χ4v) is 7.64. The number of cyclic esters (lactones) is 1.